The molecule has 31 heteroatoms. The predicted octanol–water partition coefficient (Wildman–Crippen LogP) is -0.343. The van der Waals surface area contributed by atoms with Gasteiger partial charge in [-0.15, -0.1) is 0 Å². The first-order valence-electron chi connectivity index (χ1n) is 35.6. The maximum Gasteiger partial charge on any atom is 0.337 e. The number of aldehydes is 1. The van der Waals surface area contributed by atoms with Crippen LogP contribution >= 0.6 is 0 Å². The minimum absolute atomic E-state index is 0.0588. The number of carbonyl (C=O) groups is 5. The summed E-state index contributed by atoms with van der Waals surface area (Å²) in [6, 6.07) is 6.80. The summed E-state index contributed by atoms with van der Waals surface area (Å²) in [5, 5.41) is 134. The summed E-state index contributed by atoms with van der Waals surface area (Å²) in [7, 11) is 2.53. The van der Waals surface area contributed by atoms with Crippen molar-refractivity contribution in [1.82, 2.24) is 0 Å². The molecule has 0 aromatic heterocycles. The Labute approximate surface area is 596 Å². The Kier molecular flexibility index (Phi) is 23.3. The van der Waals surface area contributed by atoms with Crippen LogP contribution in [0.4, 0.5) is 0 Å². The summed E-state index contributed by atoms with van der Waals surface area (Å²) in [4.78, 5) is 70.9. The molecule has 578 valence electrons. The summed E-state index contributed by atoms with van der Waals surface area (Å²) in [6.07, 6.45) is -36.3. The van der Waals surface area contributed by atoms with Gasteiger partial charge in [0.25, 0.3) is 0 Å². The molecule has 10 aliphatic rings. The summed E-state index contributed by atoms with van der Waals surface area (Å²) < 4.78 is 84.4. The lowest BCUT2D eigenvalue weighted by molar-refractivity contribution is -0.391. The molecule has 11 rings (SSSR count). The highest BCUT2D eigenvalue weighted by Crippen LogP contribution is 2.76. The molecule has 1 aromatic carbocycles. The molecule has 0 spiro atoms. The molecule has 5 aliphatic carbocycles. The summed E-state index contributed by atoms with van der Waals surface area (Å²) in [5.74, 6) is -4.55. The van der Waals surface area contributed by atoms with Crippen LogP contribution < -0.4 is 4.74 Å². The van der Waals surface area contributed by atoms with E-state index in [2.05, 4.69) is 40.7 Å². The standard InChI is InChI=1S/C72H104O31/c1-31-45(79)48(82)51(85)62(93-31)102-59-57(95-33(3)75)54(98-44(78)19-14-34-12-15-35(90-10)16-13-34)32(2)94-64(59)103-66(89)72-25-24-67(4,5)26-37(72)36-17-18-41-68(6)22-21-43(69(7,30-74)40(68)20-23-70(41,8)71(36,9)27-42(72)77)97-65-58(101-63-52(86)49(83)47(81)39(28-73)96-63)55(53(87)56(100-65)60(88)91-11)99-61-50(84)46(80)38(76)29-92-61/h12-17,19,30-32,37-43,45-59,61-65,73,76-77,79-87H,18,20-29H2,1-11H3/t31-,32+,37?,38+,39+,40+,41+,42+,43-,45-,46-,47-,48+,49-,50+,51+,52+,53-,54-,55-,56-,57-,58+,59+,61-,62-,63-,64-,65+,68-,69-,70+,71+,72+/m0/s1. The third-order valence-corrected chi connectivity index (χ3v) is 25.2. The lowest BCUT2D eigenvalue weighted by Gasteiger charge is -2.71. The SMILES string of the molecule is COC(=O)[C@H]1O[C@@H](O[C@H]2CC[C@]3(C)[C@H]4CC=C5C6CC(C)(C)CC[C@]6(C(=O)O[C@@H]6O[C@H](C)[C@H](OC(=O)C=Cc7ccc(OC)cc7)[C@H](OC(C)=O)[C@H]6O[C@@H]6O[C@@H](C)[C@H](O)[C@@H](O)[C@H]6O)[C@H](O)C[C@@]5(C)[C@]4(C)CC[C@H]3[C@]2(C)C=O)[C@H](O[C@@H]2O[C@H](CO)[C@H](O)[C@H](O)[C@H]2O)[C@@H](O[C@@H]2OC[C@@H](O)[C@H](O)[C@H]2O)[C@@H]1O. The number of esters is 4. The van der Waals surface area contributed by atoms with Crippen LogP contribution in [0.3, 0.4) is 0 Å². The predicted molar refractivity (Wildman–Crippen MR) is 349 cm³/mol. The Morgan fingerprint density at radius 3 is 1.87 bits per heavy atom. The highest BCUT2D eigenvalue weighted by molar-refractivity contribution is 5.87. The summed E-state index contributed by atoms with van der Waals surface area (Å²) >= 11 is 0. The van der Waals surface area contributed by atoms with E-state index in [1.54, 1.807) is 31.2 Å². The van der Waals surface area contributed by atoms with Gasteiger partial charge >= 0.3 is 23.9 Å². The van der Waals surface area contributed by atoms with Crippen molar-refractivity contribution >= 4 is 36.2 Å². The molecular weight excluding hydrogens is 1360 g/mol. The van der Waals surface area contributed by atoms with Gasteiger partial charge in [0.2, 0.25) is 6.29 Å². The zero-order valence-electron chi connectivity index (χ0n) is 59.8. The molecule has 5 saturated heterocycles. The summed E-state index contributed by atoms with van der Waals surface area (Å²) in [5.41, 5.74) is -4.07. The van der Waals surface area contributed by atoms with Gasteiger partial charge in [-0.3, -0.25) is 9.59 Å². The van der Waals surface area contributed by atoms with Gasteiger partial charge in [-0.25, -0.2) is 9.59 Å². The second-order valence-corrected chi connectivity index (χ2v) is 31.7. The molecule has 0 bridgehead atoms. The van der Waals surface area contributed by atoms with Crippen molar-refractivity contribution in [2.24, 2.45) is 50.2 Å². The fraction of sp³-hybridized carbons (Fsp3) is 0.792. The van der Waals surface area contributed by atoms with Crippen molar-refractivity contribution in [1.29, 1.82) is 0 Å². The third-order valence-electron chi connectivity index (χ3n) is 25.2. The maximum atomic E-state index is 16.0. The lowest BCUT2D eigenvalue weighted by Crippen LogP contribution is -2.69. The second-order valence-electron chi connectivity index (χ2n) is 31.7. The van der Waals surface area contributed by atoms with Gasteiger partial charge in [0.05, 0.1) is 57.3 Å². The quantitative estimate of drug-likeness (QED) is 0.0223. The number of aliphatic hydroxyl groups is 12. The van der Waals surface area contributed by atoms with Crippen LogP contribution in [0, 0.1) is 50.2 Å². The van der Waals surface area contributed by atoms with E-state index >= 15 is 4.79 Å². The van der Waals surface area contributed by atoms with Gasteiger partial charge in [-0.2, -0.15) is 0 Å². The third kappa shape index (κ3) is 14.2. The molecule has 1 aromatic rings. The smallest absolute Gasteiger partial charge is 0.337 e. The second kappa shape index (κ2) is 30.3. The maximum absolute atomic E-state index is 16.0. The minimum atomic E-state index is -2.09. The fourth-order valence-electron chi connectivity index (χ4n) is 19.1. The van der Waals surface area contributed by atoms with Crippen molar-refractivity contribution in [3.05, 3.63) is 47.6 Å². The number of methoxy groups -OCH3 is 2. The molecule has 5 heterocycles. The zero-order valence-corrected chi connectivity index (χ0v) is 59.8. The number of hydrogen-bond donors (Lipinski definition) is 12. The van der Waals surface area contributed by atoms with E-state index in [-0.39, 0.29) is 25.2 Å². The first-order chi connectivity index (χ1) is 48.5. The van der Waals surface area contributed by atoms with E-state index in [9.17, 15) is 80.5 Å². The average molecular weight is 1470 g/mol. The Morgan fingerprint density at radius 1 is 0.602 bits per heavy atom. The van der Waals surface area contributed by atoms with Gasteiger partial charge < -0.3 is 132 Å². The first kappa shape index (κ1) is 79.3. The molecule has 31 nitrogen and oxygen atoms in total. The highest BCUT2D eigenvalue weighted by Gasteiger charge is 2.73. The van der Waals surface area contributed by atoms with Gasteiger partial charge in [-0.1, -0.05) is 65.3 Å². The van der Waals surface area contributed by atoms with Gasteiger partial charge in [0.15, 0.2) is 49.6 Å². The van der Waals surface area contributed by atoms with Crippen LogP contribution in [0.15, 0.2) is 42.0 Å². The van der Waals surface area contributed by atoms with E-state index in [1.165, 1.54) is 27.0 Å². The Hall–Kier alpha value is -4.79. The average Bonchev–Trinajstić information content (AvgIpc) is 0.669. The number of fused-ring (bicyclic) bond motifs is 7. The van der Waals surface area contributed by atoms with Crippen molar-refractivity contribution in [2.45, 2.75) is 280 Å². The Bertz CT molecular complexity index is 3260. The Balaban J connectivity index is 0.894. The zero-order chi connectivity index (χ0) is 75.1. The number of allylic oxidation sites excluding steroid dienone is 2. The molecule has 0 amide bonds. The Morgan fingerprint density at radius 2 is 1.23 bits per heavy atom. The largest absolute Gasteiger partial charge is 0.497 e. The number of benzene rings is 1. The first-order valence-corrected chi connectivity index (χ1v) is 35.6. The van der Waals surface area contributed by atoms with Crippen LogP contribution in [-0.4, -0.2) is 279 Å². The molecule has 0 radical (unpaired) electrons. The molecular formula is C72H104O31. The molecule has 5 aliphatic heterocycles. The van der Waals surface area contributed by atoms with Crippen molar-refractivity contribution in [3.63, 3.8) is 0 Å². The van der Waals surface area contributed by atoms with E-state index in [0.717, 1.165) is 32.0 Å². The van der Waals surface area contributed by atoms with Gasteiger partial charge in [0.1, 0.15) is 96.8 Å². The van der Waals surface area contributed by atoms with Crippen LogP contribution in [0.2, 0.25) is 0 Å². The van der Waals surface area contributed by atoms with E-state index in [1.807, 2.05) is 0 Å². The van der Waals surface area contributed by atoms with Gasteiger partial charge in [0, 0.05) is 13.0 Å². The molecule has 4 saturated carbocycles. The van der Waals surface area contributed by atoms with E-state index in [0.29, 0.717) is 49.8 Å². The van der Waals surface area contributed by atoms with Crippen LogP contribution in [-0.2, 0) is 85.6 Å². The molecule has 1 unspecified atom stereocenters. The van der Waals surface area contributed by atoms with Crippen molar-refractivity contribution < 1.29 is 152 Å². The normalized spacial score (nSPS) is 48.1. The highest BCUT2D eigenvalue weighted by atomic mass is 16.8. The molecule has 34 atom stereocenters. The van der Waals surface area contributed by atoms with Crippen LogP contribution in [0.5, 0.6) is 5.75 Å². The minimum Gasteiger partial charge on any atom is -0.497 e. The number of rotatable bonds is 18. The van der Waals surface area contributed by atoms with Gasteiger partial charge in [-0.05, 0) is 135 Å². The van der Waals surface area contributed by atoms with Crippen LogP contribution in [0.1, 0.15) is 126 Å². The number of aliphatic hydroxyl groups excluding tert-OH is 12. The number of hydrogen-bond acceptors (Lipinski definition) is 31. The molecule has 12 N–H and O–H groups in total. The number of carbonyl (C=O) groups excluding carboxylic acids is 5. The van der Waals surface area contributed by atoms with E-state index in [4.69, 9.17) is 66.3 Å². The molecule has 9 fully saturated rings. The number of ether oxygens (including phenoxy) is 14. The summed E-state index contributed by atoms with van der Waals surface area (Å²) in [6.45, 7) is 15.0. The van der Waals surface area contributed by atoms with E-state index < -0.39 is 241 Å². The van der Waals surface area contributed by atoms with Crippen molar-refractivity contribution in [2.75, 3.05) is 27.4 Å². The lowest BCUT2D eigenvalue weighted by atomic mass is 9.33. The monoisotopic (exact) mass is 1460 g/mol. The topological polar surface area (TPSA) is 457 Å². The molecule has 103 heavy (non-hydrogen) atoms. The van der Waals surface area contributed by atoms with Crippen molar-refractivity contribution in [3.8, 4) is 5.75 Å². The van der Waals surface area contributed by atoms with Crippen LogP contribution in [0.25, 0.3) is 6.08 Å². The fourth-order valence-corrected chi connectivity index (χ4v) is 19.1.